The van der Waals surface area contributed by atoms with Gasteiger partial charge in [0.25, 0.3) is 0 Å². The molecule has 1 aromatic carbocycles. The fourth-order valence-electron chi connectivity index (χ4n) is 1.77. The lowest BCUT2D eigenvalue weighted by atomic mass is 10.3. The number of thioether (sulfide) groups is 1. The zero-order valence-corrected chi connectivity index (χ0v) is 13.7. The molecule has 5 heteroatoms. The molecule has 0 atom stereocenters. The van der Waals surface area contributed by atoms with Crippen LogP contribution >= 0.6 is 24.0 Å². The number of hydrogen-bond donors (Lipinski definition) is 1. The smallest absolute Gasteiger partial charge is 0.234 e. The molecule has 0 fully saturated rings. The predicted molar refractivity (Wildman–Crippen MR) is 92.3 cm³/mol. The molecule has 1 amide bonds. The van der Waals surface area contributed by atoms with E-state index in [0.29, 0.717) is 5.75 Å². The van der Waals surface area contributed by atoms with E-state index in [4.69, 9.17) is 12.2 Å². The monoisotopic (exact) mass is 310 g/mol. The largest absolute Gasteiger partial charge is 0.358 e. The van der Waals surface area contributed by atoms with Gasteiger partial charge in [0, 0.05) is 18.8 Å². The van der Waals surface area contributed by atoms with Crippen molar-refractivity contribution in [2.24, 2.45) is 0 Å². The number of para-hydroxylation sites is 1. The minimum absolute atomic E-state index is 0.0171. The fraction of sp³-hybridized carbons (Fsp3) is 0.467. The highest BCUT2D eigenvalue weighted by Gasteiger charge is 2.11. The number of hydrogen-bond acceptors (Lipinski definition) is 3. The Morgan fingerprint density at radius 3 is 2.35 bits per heavy atom. The zero-order valence-electron chi connectivity index (χ0n) is 12.1. The third kappa shape index (κ3) is 6.39. The highest BCUT2D eigenvalue weighted by molar-refractivity contribution is 8.23. The lowest BCUT2D eigenvalue weighted by molar-refractivity contribution is -0.113. The summed E-state index contributed by atoms with van der Waals surface area (Å²) in [7, 11) is 0. The summed E-state index contributed by atoms with van der Waals surface area (Å²) < 4.78 is 0.817. The Hall–Kier alpha value is -1.07. The van der Waals surface area contributed by atoms with Gasteiger partial charge in [-0.15, -0.1) is 0 Å². The second-order valence-electron chi connectivity index (χ2n) is 4.46. The van der Waals surface area contributed by atoms with Gasteiger partial charge in [0.1, 0.15) is 4.32 Å². The van der Waals surface area contributed by atoms with Crippen LogP contribution in [0.3, 0.4) is 0 Å². The molecule has 0 bridgehead atoms. The van der Waals surface area contributed by atoms with Crippen molar-refractivity contribution in [1.82, 2.24) is 4.90 Å². The molecule has 1 N–H and O–H groups in total. The van der Waals surface area contributed by atoms with E-state index in [1.807, 2.05) is 30.3 Å². The maximum absolute atomic E-state index is 11.8. The van der Waals surface area contributed by atoms with Gasteiger partial charge in [-0.25, -0.2) is 0 Å². The van der Waals surface area contributed by atoms with E-state index in [0.717, 1.165) is 35.9 Å². The van der Waals surface area contributed by atoms with Gasteiger partial charge >= 0.3 is 0 Å². The summed E-state index contributed by atoms with van der Waals surface area (Å²) in [6, 6.07) is 9.48. The molecule has 0 heterocycles. The Morgan fingerprint density at radius 1 is 1.20 bits per heavy atom. The Kier molecular flexibility index (Phi) is 8.30. The summed E-state index contributed by atoms with van der Waals surface area (Å²) in [5.74, 6) is 0.342. The summed E-state index contributed by atoms with van der Waals surface area (Å²) in [6.07, 6.45) is 2.13. The summed E-state index contributed by atoms with van der Waals surface area (Å²) in [6.45, 7) is 6.19. The second kappa shape index (κ2) is 9.77. The second-order valence-corrected chi connectivity index (χ2v) is 6.06. The van der Waals surface area contributed by atoms with Crippen LogP contribution in [-0.4, -0.2) is 34.0 Å². The average Bonchev–Trinajstić information content (AvgIpc) is 2.45. The van der Waals surface area contributed by atoms with E-state index in [9.17, 15) is 4.79 Å². The van der Waals surface area contributed by atoms with Gasteiger partial charge in [0.05, 0.1) is 5.75 Å². The number of benzene rings is 1. The van der Waals surface area contributed by atoms with Crippen LogP contribution in [0.4, 0.5) is 5.69 Å². The van der Waals surface area contributed by atoms with Gasteiger partial charge in [-0.3, -0.25) is 4.79 Å². The van der Waals surface area contributed by atoms with Gasteiger partial charge < -0.3 is 10.2 Å². The minimum Gasteiger partial charge on any atom is -0.358 e. The van der Waals surface area contributed by atoms with Crippen molar-refractivity contribution in [2.45, 2.75) is 26.7 Å². The maximum Gasteiger partial charge on any atom is 0.234 e. The third-order valence-electron chi connectivity index (χ3n) is 2.63. The fourth-order valence-corrected chi connectivity index (χ4v) is 2.82. The minimum atomic E-state index is -0.0171. The van der Waals surface area contributed by atoms with Gasteiger partial charge in [0.2, 0.25) is 5.91 Å². The zero-order chi connectivity index (χ0) is 14.8. The first kappa shape index (κ1) is 17.0. The molecule has 0 saturated carbocycles. The van der Waals surface area contributed by atoms with Crippen LogP contribution in [0.5, 0.6) is 0 Å². The van der Waals surface area contributed by atoms with Crippen LogP contribution in [0.1, 0.15) is 26.7 Å². The van der Waals surface area contributed by atoms with Crippen molar-refractivity contribution in [1.29, 1.82) is 0 Å². The number of rotatable bonds is 7. The normalized spacial score (nSPS) is 10.1. The highest BCUT2D eigenvalue weighted by atomic mass is 32.2. The van der Waals surface area contributed by atoms with Crippen LogP contribution in [-0.2, 0) is 4.79 Å². The molecule has 1 aromatic rings. The summed E-state index contributed by atoms with van der Waals surface area (Å²) in [5.41, 5.74) is 0.822. The van der Waals surface area contributed by atoms with Crippen LogP contribution in [0.15, 0.2) is 30.3 Å². The molecule has 0 radical (unpaired) electrons. The van der Waals surface area contributed by atoms with Crippen molar-refractivity contribution in [3.63, 3.8) is 0 Å². The van der Waals surface area contributed by atoms with E-state index in [1.54, 1.807) is 0 Å². The van der Waals surface area contributed by atoms with Gasteiger partial charge in [-0.2, -0.15) is 0 Å². The Bertz CT molecular complexity index is 417. The molecular formula is C15H22N2OS2. The quantitative estimate of drug-likeness (QED) is 0.777. The van der Waals surface area contributed by atoms with Crippen molar-refractivity contribution in [2.75, 3.05) is 24.2 Å². The number of amides is 1. The number of anilines is 1. The number of nitrogens with one attached hydrogen (secondary N) is 1. The summed E-state index contributed by atoms with van der Waals surface area (Å²) in [4.78, 5) is 14.0. The predicted octanol–water partition coefficient (Wildman–Crippen LogP) is 3.77. The van der Waals surface area contributed by atoms with Crippen LogP contribution in [0, 0.1) is 0 Å². The number of carbonyl (C=O) groups excluding carboxylic acids is 1. The molecule has 3 nitrogen and oxygen atoms in total. The molecule has 0 aromatic heterocycles. The summed E-state index contributed by atoms with van der Waals surface area (Å²) in [5, 5.41) is 2.86. The number of nitrogens with zero attached hydrogens (tertiary/aromatic N) is 1. The molecule has 0 aliphatic carbocycles. The van der Waals surface area contributed by atoms with Crippen molar-refractivity contribution in [3.05, 3.63) is 30.3 Å². The average molecular weight is 310 g/mol. The Morgan fingerprint density at radius 2 is 1.80 bits per heavy atom. The first-order valence-electron chi connectivity index (χ1n) is 6.94. The molecular weight excluding hydrogens is 288 g/mol. The molecule has 0 aliphatic heterocycles. The van der Waals surface area contributed by atoms with Crippen LogP contribution in [0.2, 0.25) is 0 Å². The van der Waals surface area contributed by atoms with Crippen molar-refractivity contribution < 1.29 is 4.79 Å². The van der Waals surface area contributed by atoms with Gasteiger partial charge in [-0.1, -0.05) is 56.0 Å². The van der Waals surface area contributed by atoms with E-state index in [1.165, 1.54) is 11.8 Å². The van der Waals surface area contributed by atoms with Crippen LogP contribution in [0.25, 0.3) is 0 Å². The maximum atomic E-state index is 11.8. The molecule has 20 heavy (non-hydrogen) atoms. The molecule has 0 spiro atoms. The first-order chi connectivity index (χ1) is 9.67. The van der Waals surface area contributed by atoms with Gasteiger partial charge in [-0.05, 0) is 25.0 Å². The summed E-state index contributed by atoms with van der Waals surface area (Å²) >= 11 is 6.84. The van der Waals surface area contributed by atoms with E-state index in [-0.39, 0.29) is 5.91 Å². The Labute approximate surface area is 131 Å². The lowest BCUT2D eigenvalue weighted by Gasteiger charge is -2.23. The topological polar surface area (TPSA) is 32.3 Å². The standard InChI is InChI=1S/C15H22N2OS2/c1-3-10-17(11-4-2)15(19)20-12-14(18)16-13-8-6-5-7-9-13/h5-9H,3-4,10-12H2,1-2H3,(H,16,18). The van der Waals surface area contributed by atoms with E-state index >= 15 is 0 Å². The lowest BCUT2D eigenvalue weighted by Crippen LogP contribution is -2.30. The van der Waals surface area contributed by atoms with E-state index < -0.39 is 0 Å². The third-order valence-corrected chi connectivity index (χ3v) is 4.15. The van der Waals surface area contributed by atoms with Crippen LogP contribution < -0.4 is 5.32 Å². The Balaban J connectivity index is 2.37. The molecule has 110 valence electrons. The highest BCUT2D eigenvalue weighted by Crippen LogP contribution is 2.12. The molecule has 1 rings (SSSR count). The van der Waals surface area contributed by atoms with E-state index in [2.05, 4.69) is 24.1 Å². The molecule has 0 aliphatic rings. The van der Waals surface area contributed by atoms with Crippen molar-refractivity contribution in [3.8, 4) is 0 Å². The van der Waals surface area contributed by atoms with Gasteiger partial charge in [0.15, 0.2) is 0 Å². The SMILES string of the molecule is CCCN(CCC)C(=S)SCC(=O)Nc1ccccc1. The number of carbonyl (C=O) groups is 1. The molecule has 0 unspecified atom stereocenters. The first-order valence-corrected chi connectivity index (χ1v) is 8.33. The molecule has 0 saturated heterocycles. The number of thiocarbonyl (C=S) groups is 1. The van der Waals surface area contributed by atoms with Crippen molar-refractivity contribution >= 4 is 39.9 Å².